The third kappa shape index (κ3) is 3.69. The summed E-state index contributed by atoms with van der Waals surface area (Å²) in [5, 5.41) is 13.0. The number of aliphatic hydroxyl groups excluding tert-OH is 1. The third-order valence-electron chi connectivity index (χ3n) is 3.56. The van der Waals surface area contributed by atoms with Crippen LogP contribution in [0.5, 0.6) is 0 Å². The SMILES string of the molecule is Cn1cc(C(=O)NC(C)(CO)c2cc(Cl)cc(Cl)c2)c(=O)[nH]c1=O. The van der Waals surface area contributed by atoms with Gasteiger partial charge in [0.1, 0.15) is 5.56 Å². The molecule has 0 aliphatic heterocycles. The van der Waals surface area contributed by atoms with Crippen molar-refractivity contribution >= 4 is 29.1 Å². The summed E-state index contributed by atoms with van der Waals surface area (Å²) in [5.74, 6) is -0.750. The van der Waals surface area contributed by atoms with Crippen LogP contribution in [0.4, 0.5) is 0 Å². The van der Waals surface area contributed by atoms with Gasteiger partial charge in [-0.05, 0) is 30.7 Å². The molecule has 2 aromatic rings. The molecule has 1 aromatic heterocycles. The van der Waals surface area contributed by atoms with Gasteiger partial charge < -0.3 is 15.0 Å². The van der Waals surface area contributed by atoms with E-state index in [2.05, 4.69) is 5.32 Å². The van der Waals surface area contributed by atoms with Crippen LogP contribution in [-0.4, -0.2) is 27.2 Å². The molecule has 0 bridgehead atoms. The number of aromatic nitrogens is 2. The fraction of sp³-hybridized carbons (Fsp3) is 0.267. The Morgan fingerprint density at radius 3 is 2.42 bits per heavy atom. The van der Waals surface area contributed by atoms with Gasteiger partial charge in [0.2, 0.25) is 0 Å². The highest BCUT2D eigenvalue weighted by atomic mass is 35.5. The highest BCUT2D eigenvalue weighted by Crippen LogP contribution is 2.27. The minimum absolute atomic E-state index is 0.259. The summed E-state index contributed by atoms with van der Waals surface area (Å²) in [5.41, 5.74) is -2.47. The fourth-order valence-corrected chi connectivity index (χ4v) is 2.64. The lowest BCUT2D eigenvalue weighted by Crippen LogP contribution is -2.48. The number of hydrogen-bond acceptors (Lipinski definition) is 4. The Kier molecular flexibility index (Phi) is 5.17. The quantitative estimate of drug-likeness (QED) is 0.745. The number of aromatic amines is 1. The number of hydrogen-bond donors (Lipinski definition) is 3. The van der Waals surface area contributed by atoms with Crippen molar-refractivity contribution in [3.63, 3.8) is 0 Å². The van der Waals surface area contributed by atoms with Crippen molar-refractivity contribution in [2.75, 3.05) is 6.61 Å². The summed E-state index contributed by atoms with van der Waals surface area (Å²) in [7, 11) is 1.40. The highest BCUT2D eigenvalue weighted by Gasteiger charge is 2.30. The Morgan fingerprint density at radius 2 is 1.88 bits per heavy atom. The molecule has 0 fully saturated rings. The van der Waals surface area contributed by atoms with Crippen LogP contribution < -0.4 is 16.6 Å². The Bertz CT molecular complexity index is 886. The summed E-state index contributed by atoms with van der Waals surface area (Å²) >= 11 is 11.9. The number of aliphatic hydroxyl groups is 1. The molecule has 1 amide bonds. The first-order chi connectivity index (χ1) is 11.2. The minimum atomic E-state index is -1.23. The maximum absolute atomic E-state index is 12.4. The highest BCUT2D eigenvalue weighted by molar-refractivity contribution is 6.34. The molecule has 0 aliphatic carbocycles. The number of nitrogens with zero attached hydrogens (tertiary/aromatic N) is 1. The second-order valence-electron chi connectivity index (χ2n) is 5.52. The van der Waals surface area contributed by atoms with Crippen LogP contribution in [0.25, 0.3) is 0 Å². The van der Waals surface area contributed by atoms with Crippen molar-refractivity contribution in [2.45, 2.75) is 12.5 Å². The number of aryl methyl sites for hydroxylation is 1. The molecule has 128 valence electrons. The van der Waals surface area contributed by atoms with E-state index < -0.39 is 29.3 Å². The van der Waals surface area contributed by atoms with Gasteiger partial charge in [0.05, 0.1) is 12.1 Å². The number of rotatable bonds is 4. The average molecular weight is 372 g/mol. The molecular weight excluding hydrogens is 357 g/mol. The zero-order valence-electron chi connectivity index (χ0n) is 12.9. The van der Waals surface area contributed by atoms with E-state index in [1.165, 1.54) is 13.1 Å². The minimum Gasteiger partial charge on any atom is -0.394 e. The number of H-pyrrole nitrogens is 1. The molecule has 0 aliphatic rings. The van der Waals surface area contributed by atoms with E-state index in [0.717, 1.165) is 10.8 Å². The monoisotopic (exact) mass is 371 g/mol. The molecule has 0 radical (unpaired) electrons. The Labute approximate surface area is 146 Å². The predicted octanol–water partition coefficient (Wildman–Crippen LogP) is 1.02. The summed E-state index contributed by atoms with van der Waals surface area (Å²) < 4.78 is 1.07. The topological polar surface area (TPSA) is 104 Å². The first kappa shape index (κ1) is 18.3. The van der Waals surface area contributed by atoms with Gasteiger partial charge in [0, 0.05) is 23.3 Å². The van der Waals surface area contributed by atoms with Gasteiger partial charge >= 0.3 is 5.69 Å². The van der Waals surface area contributed by atoms with Crippen molar-refractivity contribution in [3.05, 3.63) is 66.4 Å². The van der Waals surface area contributed by atoms with E-state index >= 15 is 0 Å². The van der Waals surface area contributed by atoms with E-state index in [1.807, 2.05) is 4.98 Å². The first-order valence-corrected chi connectivity index (χ1v) is 7.62. The average Bonchev–Trinajstić information content (AvgIpc) is 2.49. The number of halogens is 2. The maximum Gasteiger partial charge on any atom is 0.328 e. The number of carbonyl (C=O) groups excluding carboxylic acids is 1. The summed E-state index contributed by atoms with van der Waals surface area (Å²) in [6, 6.07) is 4.62. The Morgan fingerprint density at radius 1 is 1.29 bits per heavy atom. The molecule has 24 heavy (non-hydrogen) atoms. The van der Waals surface area contributed by atoms with Crippen LogP contribution in [0, 0.1) is 0 Å². The number of carbonyl (C=O) groups is 1. The molecule has 2 rings (SSSR count). The molecule has 7 nitrogen and oxygen atoms in total. The third-order valence-corrected chi connectivity index (χ3v) is 3.99. The number of benzene rings is 1. The molecule has 9 heteroatoms. The first-order valence-electron chi connectivity index (χ1n) is 6.86. The molecule has 3 N–H and O–H groups in total. The molecule has 1 heterocycles. The lowest BCUT2D eigenvalue weighted by Gasteiger charge is -2.29. The van der Waals surface area contributed by atoms with Crippen LogP contribution in [0.3, 0.4) is 0 Å². The molecule has 1 atom stereocenters. The van der Waals surface area contributed by atoms with Crippen molar-refractivity contribution < 1.29 is 9.90 Å². The van der Waals surface area contributed by atoms with Crippen molar-refractivity contribution in [1.82, 2.24) is 14.9 Å². The van der Waals surface area contributed by atoms with Crippen LogP contribution >= 0.6 is 23.2 Å². The molecule has 0 saturated heterocycles. The van der Waals surface area contributed by atoms with Gasteiger partial charge in [-0.2, -0.15) is 0 Å². The van der Waals surface area contributed by atoms with Gasteiger partial charge in [0.25, 0.3) is 11.5 Å². The molecular formula is C15H15Cl2N3O4. The zero-order valence-corrected chi connectivity index (χ0v) is 14.4. The van der Waals surface area contributed by atoms with Crippen LogP contribution in [-0.2, 0) is 12.6 Å². The Hall–Kier alpha value is -2.09. The predicted molar refractivity (Wildman–Crippen MR) is 90.7 cm³/mol. The summed E-state index contributed by atoms with van der Waals surface area (Å²) in [6.07, 6.45) is 1.12. The number of amides is 1. The lowest BCUT2D eigenvalue weighted by molar-refractivity contribution is 0.0847. The second kappa shape index (κ2) is 6.80. The smallest absolute Gasteiger partial charge is 0.328 e. The van der Waals surface area contributed by atoms with Gasteiger partial charge in [0.15, 0.2) is 0 Å². The van der Waals surface area contributed by atoms with E-state index in [4.69, 9.17) is 23.2 Å². The Balaban J connectivity index is 2.42. The molecule has 1 aromatic carbocycles. The number of nitrogens with one attached hydrogen (secondary N) is 2. The van der Waals surface area contributed by atoms with Crippen LogP contribution in [0.1, 0.15) is 22.8 Å². The van der Waals surface area contributed by atoms with Crippen molar-refractivity contribution in [1.29, 1.82) is 0 Å². The lowest BCUT2D eigenvalue weighted by atomic mass is 9.92. The van der Waals surface area contributed by atoms with Gasteiger partial charge in [-0.15, -0.1) is 0 Å². The molecule has 0 spiro atoms. The summed E-state index contributed by atoms with van der Waals surface area (Å²) in [4.78, 5) is 37.6. The van der Waals surface area contributed by atoms with Gasteiger partial charge in [-0.25, -0.2) is 4.79 Å². The van der Waals surface area contributed by atoms with Crippen LogP contribution in [0.2, 0.25) is 10.0 Å². The van der Waals surface area contributed by atoms with E-state index in [-0.39, 0.29) is 5.56 Å². The van der Waals surface area contributed by atoms with E-state index in [9.17, 15) is 19.5 Å². The second-order valence-corrected chi connectivity index (χ2v) is 6.39. The maximum atomic E-state index is 12.4. The standard InChI is InChI=1S/C15H15Cl2N3O4/c1-15(7-21,8-3-9(16)5-10(17)4-8)19-13(23)11-6-20(2)14(24)18-12(11)22/h3-6,21H,7H2,1-2H3,(H,19,23)(H,18,22,24). The molecule has 0 saturated carbocycles. The van der Waals surface area contributed by atoms with Gasteiger partial charge in [-0.3, -0.25) is 14.6 Å². The normalized spacial score (nSPS) is 13.4. The van der Waals surface area contributed by atoms with E-state index in [0.29, 0.717) is 15.6 Å². The fourth-order valence-electron chi connectivity index (χ4n) is 2.12. The summed E-state index contributed by atoms with van der Waals surface area (Å²) in [6.45, 7) is 1.10. The molecule has 1 unspecified atom stereocenters. The van der Waals surface area contributed by atoms with Crippen molar-refractivity contribution in [3.8, 4) is 0 Å². The largest absolute Gasteiger partial charge is 0.394 e. The van der Waals surface area contributed by atoms with Crippen LogP contribution in [0.15, 0.2) is 34.0 Å². The van der Waals surface area contributed by atoms with Crippen molar-refractivity contribution in [2.24, 2.45) is 7.05 Å². The van der Waals surface area contributed by atoms with E-state index in [1.54, 1.807) is 19.1 Å². The van der Waals surface area contributed by atoms with Gasteiger partial charge in [-0.1, -0.05) is 23.2 Å². The zero-order chi connectivity index (χ0) is 18.1.